The molecule has 0 bridgehead atoms. The van der Waals surface area contributed by atoms with Gasteiger partial charge in [0, 0.05) is 11.9 Å². The van der Waals surface area contributed by atoms with Crippen LogP contribution in [0.5, 0.6) is 0 Å². The van der Waals surface area contributed by atoms with E-state index in [9.17, 15) is 4.21 Å². The molecule has 3 rings (SSSR count). The Bertz CT molecular complexity index is 435. The lowest BCUT2D eigenvalue weighted by Gasteiger charge is -2.41. The average molecular weight is 256 g/mol. The fourth-order valence-electron chi connectivity index (χ4n) is 2.75. The van der Waals surface area contributed by atoms with Crippen LogP contribution >= 0.6 is 11.3 Å². The van der Waals surface area contributed by atoms with Crippen LogP contribution in [0.25, 0.3) is 0 Å². The molecule has 1 saturated heterocycles. The van der Waals surface area contributed by atoms with E-state index >= 15 is 0 Å². The molecule has 0 amide bonds. The number of nitrogens with zero attached hydrogens (tertiary/aromatic N) is 2. The molecule has 1 atom stereocenters. The number of fused-ring (bicyclic) bond motifs is 2. The standard InChI is InChI=1S/C11H16N2OS2/c1-12-6-4-11(5-7-12)10-9(3-8-15-10)16(14)13(11)2/h3,8H,4-7H2,1-2H3. The molecule has 1 spiro atoms. The van der Waals surface area contributed by atoms with E-state index in [1.54, 1.807) is 11.3 Å². The van der Waals surface area contributed by atoms with Gasteiger partial charge in [0.2, 0.25) is 0 Å². The van der Waals surface area contributed by atoms with Gasteiger partial charge in [-0.3, -0.25) is 0 Å². The van der Waals surface area contributed by atoms with Gasteiger partial charge in [0.05, 0.1) is 10.4 Å². The minimum atomic E-state index is -0.934. The van der Waals surface area contributed by atoms with Gasteiger partial charge in [0.25, 0.3) is 0 Å². The number of piperidine rings is 1. The quantitative estimate of drug-likeness (QED) is 0.704. The molecule has 0 saturated carbocycles. The van der Waals surface area contributed by atoms with Crippen LogP contribution in [0.3, 0.4) is 0 Å². The van der Waals surface area contributed by atoms with Crippen molar-refractivity contribution in [3.8, 4) is 0 Å². The Hall–Kier alpha value is -0.230. The Morgan fingerprint density at radius 2 is 2.06 bits per heavy atom. The predicted molar refractivity (Wildman–Crippen MR) is 66.9 cm³/mol. The Kier molecular flexibility index (Phi) is 2.47. The number of thiophene rings is 1. The molecule has 5 heteroatoms. The first-order valence-corrected chi connectivity index (χ1v) is 7.56. The van der Waals surface area contributed by atoms with Crippen LogP contribution in [-0.2, 0) is 16.5 Å². The van der Waals surface area contributed by atoms with Crippen LogP contribution in [0.15, 0.2) is 16.3 Å². The van der Waals surface area contributed by atoms with Crippen LogP contribution in [0.2, 0.25) is 0 Å². The fourth-order valence-corrected chi connectivity index (χ4v) is 5.76. The minimum Gasteiger partial charge on any atom is -0.306 e. The zero-order valence-corrected chi connectivity index (χ0v) is 11.2. The van der Waals surface area contributed by atoms with Crippen LogP contribution in [-0.4, -0.2) is 40.6 Å². The summed E-state index contributed by atoms with van der Waals surface area (Å²) in [6.07, 6.45) is 2.19. The van der Waals surface area contributed by atoms with Crippen LogP contribution in [0, 0.1) is 0 Å². The Morgan fingerprint density at radius 3 is 2.75 bits per heavy atom. The van der Waals surface area contributed by atoms with Gasteiger partial charge in [-0.1, -0.05) is 0 Å². The van der Waals surface area contributed by atoms with E-state index in [4.69, 9.17) is 0 Å². The molecule has 2 aliphatic heterocycles. The van der Waals surface area contributed by atoms with Crippen LogP contribution < -0.4 is 0 Å². The molecule has 1 unspecified atom stereocenters. The SMILES string of the molecule is CN1CCC2(CC1)c1sccc1S(=O)N2C. The summed E-state index contributed by atoms with van der Waals surface area (Å²) in [7, 11) is 3.23. The molecule has 3 nitrogen and oxygen atoms in total. The molecular formula is C11H16N2OS2. The van der Waals surface area contributed by atoms with Crippen LogP contribution in [0.4, 0.5) is 0 Å². The molecule has 1 aromatic heterocycles. The molecule has 0 aliphatic carbocycles. The van der Waals surface area contributed by atoms with Gasteiger partial charge in [-0.05, 0) is 44.4 Å². The van der Waals surface area contributed by atoms with Crippen molar-refractivity contribution in [3.63, 3.8) is 0 Å². The van der Waals surface area contributed by atoms with Crippen molar-refractivity contribution in [2.75, 3.05) is 27.2 Å². The number of likely N-dealkylation sites (tertiary alicyclic amines) is 1. The molecule has 2 aliphatic rings. The lowest BCUT2D eigenvalue weighted by Crippen LogP contribution is -2.47. The number of hydrogen-bond donors (Lipinski definition) is 0. The molecule has 88 valence electrons. The molecule has 0 radical (unpaired) electrons. The van der Waals surface area contributed by atoms with Gasteiger partial charge in [0.15, 0.2) is 0 Å². The van der Waals surface area contributed by atoms with E-state index in [-0.39, 0.29) is 5.54 Å². The summed E-state index contributed by atoms with van der Waals surface area (Å²) in [5.41, 5.74) is 0.0564. The van der Waals surface area contributed by atoms with E-state index in [1.807, 2.05) is 13.1 Å². The number of rotatable bonds is 0. The van der Waals surface area contributed by atoms with Gasteiger partial charge in [-0.15, -0.1) is 11.3 Å². The summed E-state index contributed by atoms with van der Waals surface area (Å²) in [4.78, 5) is 4.76. The van der Waals surface area contributed by atoms with Gasteiger partial charge in [-0.2, -0.15) is 0 Å². The molecule has 16 heavy (non-hydrogen) atoms. The lowest BCUT2D eigenvalue weighted by molar-refractivity contribution is 0.115. The summed E-state index contributed by atoms with van der Waals surface area (Å²) < 4.78 is 14.3. The largest absolute Gasteiger partial charge is 0.306 e. The second-order valence-electron chi connectivity index (χ2n) is 4.70. The normalized spacial score (nSPS) is 29.8. The van der Waals surface area contributed by atoms with Gasteiger partial charge in [0.1, 0.15) is 11.0 Å². The zero-order chi connectivity index (χ0) is 11.3. The van der Waals surface area contributed by atoms with Crippen molar-refractivity contribution < 1.29 is 4.21 Å². The summed E-state index contributed by atoms with van der Waals surface area (Å²) in [6, 6.07) is 2.03. The first kappa shape index (κ1) is 10.9. The highest BCUT2D eigenvalue weighted by atomic mass is 32.2. The highest BCUT2D eigenvalue weighted by molar-refractivity contribution is 7.83. The Labute approximate surface area is 103 Å². The monoisotopic (exact) mass is 256 g/mol. The molecule has 3 heterocycles. The van der Waals surface area contributed by atoms with Crippen molar-refractivity contribution in [1.29, 1.82) is 0 Å². The highest BCUT2D eigenvalue weighted by Gasteiger charge is 2.49. The summed E-state index contributed by atoms with van der Waals surface area (Å²) in [6.45, 7) is 2.19. The van der Waals surface area contributed by atoms with E-state index in [1.165, 1.54) is 4.88 Å². The Morgan fingerprint density at radius 1 is 1.38 bits per heavy atom. The lowest BCUT2D eigenvalue weighted by atomic mass is 9.86. The van der Waals surface area contributed by atoms with E-state index in [0.29, 0.717) is 0 Å². The van der Waals surface area contributed by atoms with Crippen molar-refractivity contribution >= 4 is 22.3 Å². The third-order valence-corrected chi connectivity index (χ3v) is 6.71. The first-order chi connectivity index (χ1) is 7.65. The number of hydrogen-bond acceptors (Lipinski definition) is 3. The summed E-state index contributed by atoms with van der Waals surface area (Å²) in [5, 5.41) is 2.08. The van der Waals surface area contributed by atoms with Crippen molar-refractivity contribution in [2.45, 2.75) is 23.3 Å². The van der Waals surface area contributed by atoms with Crippen molar-refractivity contribution in [2.24, 2.45) is 0 Å². The third-order valence-electron chi connectivity index (χ3n) is 3.91. The summed E-state index contributed by atoms with van der Waals surface area (Å²) in [5.74, 6) is 0. The Balaban J connectivity index is 2.05. The summed E-state index contributed by atoms with van der Waals surface area (Å²) >= 11 is 1.77. The zero-order valence-electron chi connectivity index (χ0n) is 9.60. The van der Waals surface area contributed by atoms with Crippen LogP contribution in [0.1, 0.15) is 17.7 Å². The smallest absolute Gasteiger partial charge is 0.129 e. The predicted octanol–water partition coefficient (Wildman–Crippen LogP) is 1.64. The topological polar surface area (TPSA) is 23.6 Å². The molecule has 1 aromatic rings. The molecule has 0 N–H and O–H groups in total. The van der Waals surface area contributed by atoms with E-state index < -0.39 is 11.0 Å². The van der Waals surface area contributed by atoms with Gasteiger partial charge >= 0.3 is 0 Å². The average Bonchev–Trinajstić information content (AvgIpc) is 2.83. The molecular weight excluding hydrogens is 240 g/mol. The van der Waals surface area contributed by atoms with Crippen molar-refractivity contribution in [1.82, 2.24) is 9.21 Å². The fraction of sp³-hybridized carbons (Fsp3) is 0.636. The first-order valence-electron chi connectivity index (χ1n) is 5.57. The molecule has 1 fully saturated rings. The maximum absolute atomic E-state index is 12.2. The van der Waals surface area contributed by atoms with E-state index in [0.717, 1.165) is 30.8 Å². The maximum atomic E-state index is 12.2. The van der Waals surface area contributed by atoms with Gasteiger partial charge < -0.3 is 4.90 Å². The highest BCUT2D eigenvalue weighted by Crippen LogP contribution is 2.49. The van der Waals surface area contributed by atoms with Crippen molar-refractivity contribution in [3.05, 3.63) is 16.3 Å². The second kappa shape index (κ2) is 3.63. The third kappa shape index (κ3) is 1.29. The van der Waals surface area contributed by atoms with Gasteiger partial charge in [-0.25, -0.2) is 8.51 Å². The molecule has 0 aromatic carbocycles. The maximum Gasteiger partial charge on any atom is 0.129 e. The van der Waals surface area contributed by atoms with E-state index in [2.05, 4.69) is 21.6 Å². The minimum absolute atomic E-state index is 0.0564. The second-order valence-corrected chi connectivity index (χ2v) is 7.10.